The number of aromatic nitrogens is 1. The molecule has 11 rings (SSSR count). The smallest absolute Gasteiger partial charge is 0.113 e. The Bertz CT molecular complexity index is 2850. The number of hydrogen-bond donors (Lipinski definition) is 0. The Balaban J connectivity index is 1.13. The van der Waals surface area contributed by atoms with Gasteiger partial charge in [0, 0.05) is 33.5 Å². The van der Waals surface area contributed by atoms with E-state index in [1.807, 2.05) is 18.2 Å². The van der Waals surface area contributed by atoms with E-state index in [0.717, 1.165) is 72.5 Å². The highest BCUT2D eigenvalue weighted by Gasteiger charge is 2.52. The molecule has 2 aliphatic rings. The lowest BCUT2D eigenvalue weighted by molar-refractivity contribution is 0.796. The normalized spacial score (nSPS) is 13.2. The first-order chi connectivity index (χ1) is 26.5. The van der Waals surface area contributed by atoms with Gasteiger partial charge in [0.05, 0.1) is 16.4 Å². The minimum atomic E-state index is -0.658. The molecule has 1 heterocycles. The van der Waals surface area contributed by atoms with Crippen LogP contribution in [0, 0.1) is 0 Å². The number of fused-ring (bicyclic) bond motifs is 13. The number of para-hydroxylation sites is 3. The number of rotatable bonds is 4. The molecular formula is C49H29B3N2. The molecule has 0 saturated carbocycles. The number of nitrogens with zero attached hydrogens (tertiary/aromatic N) is 2. The summed E-state index contributed by atoms with van der Waals surface area (Å²) in [6.45, 7) is 0. The zero-order valence-corrected chi connectivity index (χ0v) is 29.4. The molecule has 0 saturated heterocycles. The van der Waals surface area contributed by atoms with Gasteiger partial charge in [-0.15, -0.1) is 0 Å². The minimum absolute atomic E-state index is 0.658. The SMILES string of the molecule is [B]c1ccc2c(c1)C1(c3cc([B])ccc3-2)c2cc([B])ccc2-c2ccc(N(c3ccccc3)c3ccc(-n4c5ccccc5c5ccccc54)cc3)cc21. The maximum absolute atomic E-state index is 6.60. The van der Waals surface area contributed by atoms with Crippen molar-refractivity contribution in [2.24, 2.45) is 0 Å². The average molecular weight is 678 g/mol. The van der Waals surface area contributed by atoms with Gasteiger partial charge in [-0.3, -0.25) is 0 Å². The fraction of sp³-hybridized carbons (Fsp3) is 0.0204. The van der Waals surface area contributed by atoms with E-state index in [4.69, 9.17) is 23.5 Å². The lowest BCUT2D eigenvalue weighted by atomic mass is 9.68. The number of hydrogen-bond acceptors (Lipinski definition) is 1. The van der Waals surface area contributed by atoms with Crippen molar-refractivity contribution in [1.82, 2.24) is 4.57 Å². The van der Waals surface area contributed by atoms with E-state index < -0.39 is 5.41 Å². The molecule has 1 aromatic heterocycles. The van der Waals surface area contributed by atoms with Crippen LogP contribution in [0.15, 0.2) is 176 Å². The standard InChI is InChI=1S/C49H29B3N2/c50-30-14-22-37-38-23-15-31(51)27-44(38)49(43(37)26-30)45-28-32(52)16-24-39(45)40-25-21-36(29-46(40)49)53(33-8-2-1-3-9-33)34-17-19-35(20-18-34)54-47-12-6-4-10-41(47)42-11-5-7-13-48(42)54/h1-29H. The van der Waals surface area contributed by atoms with Crippen LogP contribution >= 0.6 is 0 Å². The van der Waals surface area contributed by atoms with Crippen LogP contribution in [0.1, 0.15) is 22.3 Å². The van der Waals surface area contributed by atoms with Crippen LogP contribution in [-0.4, -0.2) is 28.1 Å². The Labute approximate surface area is 318 Å². The third-order valence-corrected chi connectivity index (χ3v) is 11.5. The van der Waals surface area contributed by atoms with E-state index in [1.54, 1.807) is 0 Å². The summed E-state index contributed by atoms with van der Waals surface area (Å²) in [5, 5.41) is 2.49. The first-order valence-electron chi connectivity index (χ1n) is 18.3. The maximum Gasteiger partial charge on any atom is 0.113 e. The van der Waals surface area contributed by atoms with Crippen LogP contribution in [0.2, 0.25) is 0 Å². The molecule has 5 heteroatoms. The lowest BCUT2D eigenvalue weighted by Crippen LogP contribution is -2.29. The highest BCUT2D eigenvalue weighted by molar-refractivity contribution is 6.34. The number of benzene rings is 8. The van der Waals surface area contributed by atoms with Crippen molar-refractivity contribution in [3.8, 4) is 27.9 Å². The van der Waals surface area contributed by atoms with Crippen LogP contribution < -0.4 is 21.3 Å². The van der Waals surface area contributed by atoms with Crippen LogP contribution in [0.5, 0.6) is 0 Å². The van der Waals surface area contributed by atoms with E-state index in [0.29, 0.717) is 0 Å². The first kappa shape index (κ1) is 31.1. The van der Waals surface area contributed by atoms with Gasteiger partial charge in [0.25, 0.3) is 0 Å². The van der Waals surface area contributed by atoms with Crippen molar-refractivity contribution in [3.63, 3.8) is 0 Å². The Hall–Kier alpha value is -6.45. The van der Waals surface area contributed by atoms with Gasteiger partial charge in [-0.05, 0) is 105 Å². The summed E-state index contributed by atoms with van der Waals surface area (Å²) < 4.78 is 2.36. The van der Waals surface area contributed by atoms with Gasteiger partial charge >= 0.3 is 0 Å². The molecule has 9 aromatic rings. The summed E-state index contributed by atoms with van der Waals surface area (Å²) in [5.74, 6) is 0. The molecule has 0 atom stereocenters. The van der Waals surface area contributed by atoms with E-state index in [2.05, 4.69) is 167 Å². The second kappa shape index (κ2) is 11.5. The Morgan fingerprint density at radius 2 is 0.778 bits per heavy atom. The Morgan fingerprint density at radius 1 is 0.370 bits per heavy atom. The van der Waals surface area contributed by atoms with Crippen LogP contribution in [-0.2, 0) is 5.41 Å². The third-order valence-electron chi connectivity index (χ3n) is 11.5. The molecule has 8 aromatic carbocycles. The van der Waals surface area contributed by atoms with Crippen molar-refractivity contribution in [1.29, 1.82) is 0 Å². The number of anilines is 3. The fourth-order valence-electron chi connectivity index (χ4n) is 9.38. The van der Waals surface area contributed by atoms with Gasteiger partial charge in [-0.25, -0.2) is 0 Å². The van der Waals surface area contributed by atoms with E-state index >= 15 is 0 Å². The predicted molar refractivity (Wildman–Crippen MR) is 228 cm³/mol. The van der Waals surface area contributed by atoms with Crippen molar-refractivity contribution in [3.05, 3.63) is 198 Å². The molecule has 0 bridgehead atoms. The largest absolute Gasteiger partial charge is 0.310 e. The highest BCUT2D eigenvalue weighted by atomic mass is 15.1. The summed E-state index contributed by atoms with van der Waals surface area (Å²) >= 11 is 0. The maximum atomic E-state index is 6.60. The third kappa shape index (κ3) is 4.27. The fourth-order valence-corrected chi connectivity index (χ4v) is 9.38. The monoisotopic (exact) mass is 678 g/mol. The van der Waals surface area contributed by atoms with Gasteiger partial charge < -0.3 is 9.47 Å². The van der Waals surface area contributed by atoms with Crippen LogP contribution in [0.3, 0.4) is 0 Å². The predicted octanol–water partition coefficient (Wildman–Crippen LogP) is 8.98. The second-order valence-corrected chi connectivity index (χ2v) is 14.5. The second-order valence-electron chi connectivity index (χ2n) is 14.5. The molecule has 0 N–H and O–H groups in total. The molecule has 0 aliphatic heterocycles. The molecule has 0 fully saturated rings. The van der Waals surface area contributed by atoms with Gasteiger partial charge in [-0.1, -0.05) is 132 Å². The molecule has 6 radical (unpaired) electrons. The molecule has 54 heavy (non-hydrogen) atoms. The lowest BCUT2D eigenvalue weighted by Gasteiger charge is -2.33. The van der Waals surface area contributed by atoms with Crippen molar-refractivity contribution >= 4 is 78.8 Å². The van der Waals surface area contributed by atoms with Gasteiger partial charge in [0.1, 0.15) is 23.5 Å². The summed E-state index contributed by atoms with van der Waals surface area (Å²) in [6.07, 6.45) is 0. The van der Waals surface area contributed by atoms with Crippen molar-refractivity contribution in [2.75, 3.05) is 4.90 Å². The molecule has 244 valence electrons. The topological polar surface area (TPSA) is 8.17 Å². The summed E-state index contributed by atoms with van der Waals surface area (Å²) in [7, 11) is 19.8. The van der Waals surface area contributed by atoms with Crippen LogP contribution in [0.25, 0.3) is 49.7 Å². The van der Waals surface area contributed by atoms with Gasteiger partial charge in [0.2, 0.25) is 0 Å². The van der Waals surface area contributed by atoms with Gasteiger partial charge in [-0.2, -0.15) is 0 Å². The molecule has 0 unspecified atom stereocenters. The molecule has 1 spiro atoms. The Kier molecular flexibility index (Phi) is 6.64. The van der Waals surface area contributed by atoms with E-state index in [9.17, 15) is 0 Å². The molecule has 2 aliphatic carbocycles. The Morgan fingerprint density at radius 3 is 1.30 bits per heavy atom. The van der Waals surface area contributed by atoms with Gasteiger partial charge in [0.15, 0.2) is 0 Å². The average Bonchev–Trinajstić information content (AvgIpc) is 3.79. The zero-order valence-electron chi connectivity index (χ0n) is 29.4. The zero-order chi connectivity index (χ0) is 36.1. The summed E-state index contributed by atoms with van der Waals surface area (Å²) in [5.41, 5.74) is 17.4. The van der Waals surface area contributed by atoms with Crippen molar-refractivity contribution < 1.29 is 0 Å². The quantitative estimate of drug-likeness (QED) is 0.169. The first-order valence-corrected chi connectivity index (χ1v) is 18.3. The summed E-state index contributed by atoms with van der Waals surface area (Å²) in [4.78, 5) is 2.34. The molecule has 2 nitrogen and oxygen atoms in total. The van der Waals surface area contributed by atoms with Crippen LogP contribution in [0.4, 0.5) is 17.1 Å². The van der Waals surface area contributed by atoms with Crippen molar-refractivity contribution in [2.45, 2.75) is 5.41 Å². The highest BCUT2D eigenvalue weighted by Crippen LogP contribution is 2.63. The summed E-state index contributed by atoms with van der Waals surface area (Å²) in [6, 6.07) is 62.5. The minimum Gasteiger partial charge on any atom is -0.310 e. The molecular weight excluding hydrogens is 649 g/mol. The van der Waals surface area contributed by atoms with E-state index in [1.165, 1.54) is 32.9 Å². The van der Waals surface area contributed by atoms with E-state index in [-0.39, 0.29) is 0 Å². The molecule has 0 amide bonds.